The lowest BCUT2D eigenvalue weighted by atomic mass is 10.1. The van der Waals surface area contributed by atoms with Gasteiger partial charge in [0.1, 0.15) is 17.3 Å². The van der Waals surface area contributed by atoms with Gasteiger partial charge in [0.15, 0.2) is 0 Å². The summed E-state index contributed by atoms with van der Waals surface area (Å²) in [6.45, 7) is 1.77. The molecule has 3 heterocycles. The molecule has 9 nitrogen and oxygen atoms in total. The highest BCUT2D eigenvalue weighted by atomic mass is 16.5. The molecule has 1 N–H and O–H groups in total. The van der Waals surface area contributed by atoms with Gasteiger partial charge in [-0.3, -0.25) is 9.36 Å². The van der Waals surface area contributed by atoms with Crippen LogP contribution in [-0.2, 0) is 11.3 Å². The molecule has 2 aromatic heterocycles. The Morgan fingerprint density at radius 1 is 1.06 bits per heavy atom. The van der Waals surface area contributed by atoms with E-state index in [-0.39, 0.29) is 11.6 Å². The maximum Gasteiger partial charge on any atom is 0.261 e. The van der Waals surface area contributed by atoms with E-state index in [1.54, 1.807) is 37.5 Å². The molecule has 0 spiro atoms. The van der Waals surface area contributed by atoms with Crippen molar-refractivity contribution < 1.29 is 14.2 Å². The van der Waals surface area contributed by atoms with Crippen molar-refractivity contribution in [2.75, 3.05) is 32.3 Å². The van der Waals surface area contributed by atoms with Gasteiger partial charge >= 0.3 is 0 Å². The maximum atomic E-state index is 13.5. The summed E-state index contributed by atoms with van der Waals surface area (Å²) in [6.07, 6.45) is 6.78. The highest BCUT2D eigenvalue weighted by molar-refractivity contribution is 5.83. The smallest absolute Gasteiger partial charge is 0.261 e. The minimum atomic E-state index is -0.0417. The first-order chi connectivity index (χ1) is 16.7. The lowest BCUT2D eigenvalue weighted by molar-refractivity contribution is 0.0685. The highest BCUT2D eigenvalue weighted by Gasteiger charge is 2.20. The minimum absolute atomic E-state index is 0.0417. The first-order valence-electron chi connectivity index (χ1n) is 11.2. The zero-order chi connectivity index (χ0) is 23.5. The van der Waals surface area contributed by atoms with Gasteiger partial charge in [-0.2, -0.15) is 0 Å². The van der Waals surface area contributed by atoms with Crippen LogP contribution in [0.5, 0.6) is 11.5 Å². The van der Waals surface area contributed by atoms with Crippen molar-refractivity contribution in [1.29, 1.82) is 0 Å². The van der Waals surface area contributed by atoms with Crippen LogP contribution in [-0.4, -0.2) is 47.0 Å². The Kier molecular flexibility index (Phi) is 6.18. The number of imidazole rings is 1. The first-order valence-corrected chi connectivity index (χ1v) is 11.2. The number of rotatable bonds is 7. The number of aromatic amines is 1. The fraction of sp³-hybridized carbons (Fsp3) is 0.320. The molecule has 1 saturated heterocycles. The quantitative estimate of drug-likeness (QED) is 0.447. The summed E-state index contributed by atoms with van der Waals surface area (Å²) in [4.78, 5) is 27.6. The van der Waals surface area contributed by atoms with Crippen LogP contribution in [0, 0.1) is 0 Å². The van der Waals surface area contributed by atoms with E-state index in [2.05, 4.69) is 19.9 Å². The molecule has 1 fully saturated rings. The van der Waals surface area contributed by atoms with E-state index < -0.39 is 0 Å². The predicted octanol–water partition coefficient (Wildman–Crippen LogP) is 3.83. The van der Waals surface area contributed by atoms with E-state index in [0.717, 1.165) is 30.0 Å². The Balaban J connectivity index is 1.62. The van der Waals surface area contributed by atoms with Crippen LogP contribution >= 0.6 is 0 Å². The van der Waals surface area contributed by atoms with Crippen LogP contribution in [0.3, 0.4) is 0 Å². The Bertz CT molecular complexity index is 1310. The first kappa shape index (κ1) is 22.0. The Morgan fingerprint density at radius 3 is 2.50 bits per heavy atom. The van der Waals surface area contributed by atoms with Gasteiger partial charge in [-0.15, -0.1) is 0 Å². The molecule has 0 radical (unpaired) electrons. The highest BCUT2D eigenvalue weighted by Crippen LogP contribution is 2.34. The Hall–Kier alpha value is -3.85. The number of hydrogen-bond acceptors (Lipinski definition) is 7. The van der Waals surface area contributed by atoms with E-state index in [1.165, 1.54) is 0 Å². The molecule has 1 aliphatic heterocycles. The van der Waals surface area contributed by atoms with Crippen molar-refractivity contribution in [1.82, 2.24) is 19.5 Å². The SMILES string of the molecule is COc1cc(OC)cc(N(Cc2ncc[nH]2)c2ccc3ncn(C4CCOCC4)c(=O)c3c2)c1. The van der Waals surface area contributed by atoms with Gasteiger partial charge in [-0.25, -0.2) is 9.97 Å². The Labute approximate surface area is 196 Å². The molecule has 0 bridgehead atoms. The predicted molar refractivity (Wildman–Crippen MR) is 129 cm³/mol. The monoisotopic (exact) mass is 461 g/mol. The number of fused-ring (bicyclic) bond motifs is 1. The molecule has 176 valence electrons. The lowest BCUT2D eigenvalue weighted by Gasteiger charge is -2.26. The molecule has 4 aromatic rings. The molecule has 0 amide bonds. The minimum Gasteiger partial charge on any atom is -0.497 e. The second-order valence-corrected chi connectivity index (χ2v) is 8.19. The molecule has 0 atom stereocenters. The van der Waals surface area contributed by atoms with E-state index in [1.807, 2.05) is 36.4 Å². The number of nitrogens with one attached hydrogen (secondary N) is 1. The van der Waals surface area contributed by atoms with Crippen molar-refractivity contribution in [3.05, 3.63) is 71.3 Å². The number of H-pyrrole nitrogens is 1. The van der Waals surface area contributed by atoms with Crippen LogP contribution in [0.25, 0.3) is 10.9 Å². The zero-order valence-electron chi connectivity index (χ0n) is 19.2. The molecule has 9 heteroatoms. The molecule has 2 aromatic carbocycles. The van der Waals surface area contributed by atoms with Crippen molar-refractivity contribution >= 4 is 22.3 Å². The lowest BCUT2D eigenvalue weighted by Crippen LogP contribution is -2.29. The van der Waals surface area contributed by atoms with Crippen LogP contribution in [0.1, 0.15) is 24.7 Å². The van der Waals surface area contributed by atoms with Crippen molar-refractivity contribution in [3.63, 3.8) is 0 Å². The maximum absolute atomic E-state index is 13.5. The molecule has 1 aliphatic rings. The van der Waals surface area contributed by atoms with Crippen LogP contribution in [0.15, 0.2) is 59.9 Å². The summed E-state index contributed by atoms with van der Waals surface area (Å²) in [6, 6.07) is 11.5. The molecule has 0 aliphatic carbocycles. The van der Waals surface area contributed by atoms with Gasteiger partial charge in [0.05, 0.1) is 38.0 Å². The van der Waals surface area contributed by atoms with Crippen LogP contribution < -0.4 is 19.9 Å². The summed E-state index contributed by atoms with van der Waals surface area (Å²) in [5, 5.41) is 0.575. The summed E-state index contributed by atoms with van der Waals surface area (Å²) < 4.78 is 18.2. The van der Waals surface area contributed by atoms with E-state index in [9.17, 15) is 4.79 Å². The number of hydrogen-bond donors (Lipinski definition) is 1. The number of ether oxygens (including phenoxy) is 3. The van der Waals surface area contributed by atoms with Crippen molar-refractivity contribution in [2.45, 2.75) is 25.4 Å². The third-order valence-electron chi connectivity index (χ3n) is 6.17. The van der Waals surface area contributed by atoms with Crippen LogP contribution in [0.2, 0.25) is 0 Å². The zero-order valence-corrected chi connectivity index (χ0v) is 19.2. The molecule has 0 saturated carbocycles. The summed E-state index contributed by atoms with van der Waals surface area (Å²) in [7, 11) is 3.24. The number of anilines is 2. The fourth-order valence-electron chi connectivity index (χ4n) is 4.33. The van der Waals surface area contributed by atoms with E-state index in [4.69, 9.17) is 14.2 Å². The average Bonchev–Trinajstić information content (AvgIpc) is 3.41. The van der Waals surface area contributed by atoms with Crippen LogP contribution in [0.4, 0.5) is 11.4 Å². The molecule has 34 heavy (non-hydrogen) atoms. The van der Waals surface area contributed by atoms with Gasteiger partial charge in [-0.1, -0.05) is 0 Å². The summed E-state index contributed by atoms with van der Waals surface area (Å²) >= 11 is 0. The van der Waals surface area contributed by atoms with E-state index in [0.29, 0.717) is 42.2 Å². The molecular weight excluding hydrogens is 434 g/mol. The number of nitrogens with zero attached hydrogens (tertiary/aromatic N) is 4. The van der Waals surface area contributed by atoms with Gasteiger partial charge in [0.25, 0.3) is 5.56 Å². The Morgan fingerprint density at radius 2 is 1.82 bits per heavy atom. The summed E-state index contributed by atoms with van der Waals surface area (Å²) in [5.74, 6) is 2.12. The number of benzene rings is 2. The fourth-order valence-corrected chi connectivity index (χ4v) is 4.33. The second kappa shape index (κ2) is 9.56. The van der Waals surface area contributed by atoms with Gasteiger partial charge < -0.3 is 24.1 Å². The molecule has 0 unspecified atom stereocenters. The molecular formula is C25H27N5O4. The van der Waals surface area contributed by atoms with E-state index >= 15 is 0 Å². The molecule has 5 rings (SSSR count). The number of aromatic nitrogens is 4. The van der Waals surface area contributed by atoms with Crippen molar-refractivity contribution in [2.24, 2.45) is 0 Å². The van der Waals surface area contributed by atoms with Gasteiger partial charge in [0.2, 0.25) is 0 Å². The second-order valence-electron chi connectivity index (χ2n) is 8.19. The largest absolute Gasteiger partial charge is 0.497 e. The van der Waals surface area contributed by atoms with Gasteiger partial charge in [0, 0.05) is 61.2 Å². The third kappa shape index (κ3) is 4.34. The average molecular weight is 462 g/mol. The standard InChI is InChI=1S/C25H27N5O4/c1-32-20-11-19(12-21(14-20)33-2)29(15-24-26-7-8-27-24)18-3-4-23-22(13-18)25(31)30(16-28-23)17-5-9-34-10-6-17/h3-4,7-8,11-14,16-17H,5-6,9-10,15H2,1-2H3,(H,26,27). The normalized spacial score (nSPS) is 14.3. The van der Waals surface area contributed by atoms with Crippen molar-refractivity contribution in [3.8, 4) is 11.5 Å². The number of methoxy groups -OCH3 is 2. The summed E-state index contributed by atoms with van der Waals surface area (Å²) in [5.41, 5.74) is 2.31. The third-order valence-corrected chi connectivity index (χ3v) is 6.17. The topological polar surface area (TPSA) is 94.5 Å². The van der Waals surface area contributed by atoms with Gasteiger partial charge in [-0.05, 0) is 31.0 Å².